The van der Waals surface area contributed by atoms with Gasteiger partial charge in [-0.25, -0.2) is 0 Å². The molecule has 1 aliphatic heterocycles. The Bertz CT molecular complexity index is 402. The third-order valence-electron chi connectivity index (χ3n) is 3.81. The summed E-state index contributed by atoms with van der Waals surface area (Å²) in [6, 6.07) is 1.63. The van der Waals surface area contributed by atoms with E-state index in [4.69, 9.17) is 16.2 Å². The van der Waals surface area contributed by atoms with Crippen molar-refractivity contribution in [2.24, 2.45) is 5.73 Å². The van der Waals surface area contributed by atoms with Gasteiger partial charge in [-0.2, -0.15) is 0 Å². The van der Waals surface area contributed by atoms with Gasteiger partial charge in [0.1, 0.15) is 0 Å². The number of anilines is 1. The van der Waals surface area contributed by atoms with Gasteiger partial charge in [-0.1, -0.05) is 0 Å². The Morgan fingerprint density at radius 1 is 1.39 bits per heavy atom. The van der Waals surface area contributed by atoms with Crippen LogP contribution in [0.15, 0.2) is 18.5 Å². The first-order chi connectivity index (χ1) is 8.53. The lowest BCUT2D eigenvalue weighted by atomic mass is 9.87. The molecule has 1 unspecified atom stereocenters. The number of morpholine rings is 1. The molecular formula is C13H22N4O. The largest absolute Gasteiger partial charge is 0.398 e. The number of pyridine rings is 1. The third kappa shape index (κ3) is 2.48. The van der Waals surface area contributed by atoms with E-state index in [1.807, 2.05) is 0 Å². The maximum Gasteiger partial charge on any atom is 0.0594 e. The van der Waals surface area contributed by atoms with Crippen molar-refractivity contribution in [3.05, 3.63) is 24.0 Å². The summed E-state index contributed by atoms with van der Waals surface area (Å²) in [7, 11) is 0. The molecular weight excluding hydrogens is 228 g/mol. The number of nitrogens with two attached hydrogens (primary N) is 2. The summed E-state index contributed by atoms with van der Waals surface area (Å²) >= 11 is 0. The summed E-state index contributed by atoms with van der Waals surface area (Å²) in [5, 5.41) is 0. The van der Waals surface area contributed by atoms with Crippen molar-refractivity contribution in [3.63, 3.8) is 0 Å². The van der Waals surface area contributed by atoms with E-state index >= 15 is 0 Å². The Morgan fingerprint density at radius 3 is 2.67 bits per heavy atom. The van der Waals surface area contributed by atoms with Crippen LogP contribution in [0, 0.1) is 0 Å². The molecule has 0 saturated carbocycles. The Kier molecular flexibility index (Phi) is 3.85. The van der Waals surface area contributed by atoms with Crippen LogP contribution in [0.2, 0.25) is 0 Å². The lowest BCUT2D eigenvalue weighted by molar-refractivity contribution is -0.0190. The van der Waals surface area contributed by atoms with Gasteiger partial charge in [0.15, 0.2) is 0 Å². The summed E-state index contributed by atoms with van der Waals surface area (Å²) in [5.74, 6) is 0. The topological polar surface area (TPSA) is 77.4 Å². The second-order valence-electron chi connectivity index (χ2n) is 5.24. The average Bonchev–Trinajstić information content (AvgIpc) is 2.39. The van der Waals surface area contributed by atoms with E-state index in [1.54, 1.807) is 18.5 Å². The number of aromatic nitrogens is 1. The standard InChI is InChI=1S/C13H22N4O/c1-13(2,17-5-7-18-8-6-17)12(15)10-9-16-4-3-11(10)14/h3-4,9,12H,5-8,15H2,1-2H3,(H2,14,16). The fourth-order valence-electron chi connectivity index (χ4n) is 2.39. The van der Waals surface area contributed by atoms with Crippen molar-refractivity contribution in [1.29, 1.82) is 0 Å². The van der Waals surface area contributed by atoms with Crippen molar-refractivity contribution < 1.29 is 4.74 Å². The van der Waals surface area contributed by atoms with Gasteiger partial charge in [0.05, 0.1) is 19.3 Å². The summed E-state index contributed by atoms with van der Waals surface area (Å²) in [5.41, 5.74) is 13.8. The summed E-state index contributed by atoms with van der Waals surface area (Å²) in [6.45, 7) is 7.63. The van der Waals surface area contributed by atoms with Crippen LogP contribution in [-0.2, 0) is 4.74 Å². The lowest BCUT2D eigenvalue weighted by Gasteiger charge is -2.44. The first kappa shape index (κ1) is 13.3. The van der Waals surface area contributed by atoms with Crippen LogP contribution < -0.4 is 11.5 Å². The molecule has 0 bridgehead atoms. The van der Waals surface area contributed by atoms with Gasteiger partial charge in [-0.3, -0.25) is 9.88 Å². The maximum atomic E-state index is 6.40. The summed E-state index contributed by atoms with van der Waals surface area (Å²) < 4.78 is 5.38. The molecule has 5 heteroatoms. The van der Waals surface area contributed by atoms with Crippen LogP contribution >= 0.6 is 0 Å². The van der Waals surface area contributed by atoms with E-state index in [0.29, 0.717) is 5.69 Å². The first-order valence-electron chi connectivity index (χ1n) is 6.31. The summed E-state index contributed by atoms with van der Waals surface area (Å²) in [4.78, 5) is 6.48. The molecule has 4 N–H and O–H groups in total. The quantitative estimate of drug-likeness (QED) is 0.828. The van der Waals surface area contributed by atoms with Crippen molar-refractivity contribution in [1.82, 2.24) is 9.88 Å². The second-order valence-corrected chi connectivity index (χ2v) is 5.24. The van der Waals surface area contributed by atoms with Gasteiger partial charge in [0.25, 0.3) is 0 Å². The molecule has 18 heavy (non-hydrogen) atoms. The van der Waals surface area contributed by atoms with Crippen molar-refractivity contribution in [2.45, 2.75) is 25.4 Å². The highest BCUT2D eigenvalue weighted by molar-refractivity contribution is 5.47. The predicted molar refractivity (Wildman–Crippen MR) is 72.0 cm³/mol. The minimum absolute atomic E-state index is 0.163. The van der Waals surface area contributed by atoms with Gasteiger partial charge in [-0.05, 0) is 19.9 Å². The molecule has 0 aliphatic carbocycles. The normalized spacial score (nSPS) is 19.7. The molecule has 100 valence electrons. The van der Waals surface area contributed by atoms with Crippen LogP contribution in [0.25, 0.3) is 0 Å². The van der Waals surface area contributed by atoms with E-state index in [9.17, 15) is 0 Å². The van der Waals surface area contributed by atoms with E-state index < -0.39 is 0 Å². The van der Waals surface area contributed by atoms with Crippen molar-refractivity contribution >= 4 is 5.69 Å². The molecule has 0 aromatic carbocycles. The van der Waals surface area contributed by atoms with Gasteiger partial charge >= 0.3 is 0 Å². The zero-order valence-corrected chi connectivity index (χ0v) is 11.1. The zero-order valence-electron chi connectivity index (χ0n) is 11.1. The fraction of sp³-hybridized carbons (Fsp3) is 0.615. The fourth-order valence-corrected chi connectivity index (χ4v) is 2.39. The molecule has 1 aromatic heterocycles. The van der Waals surface area contributed by atoms with Gasteiger partial charge in [-0.15, -0.1) is 0 Å². The van der Waals surface area contributed by atoms with Gasteiger partial charge in [0.2, 0.25) is 0 Å². The van der Waals surface area contributed by atoms with Crippen LogP contribution in [-0.4, -0.2) is 41.7 Å². The van der Waals surface area contributed by atoms with Gasteiger partial charge in [0, 0.05) is 42.3 Å². The lowest BCUT2D eigenvalue weighted by Crippen LogP contribution is -2.55. The molecule has 2 heterocycles. The molecule has 0 amide bonds. The smallest absolute Gasteiger partial charge is 0.0594 e. The number of ether oxygens (including phenoxy) is 1. The second kappa shape index (κ2) is 5.22. The molecule has 1 fully saturated rings. The van der Waals surface area contributed by atoms with Crippen LogP contribution in [0.5, 0.6) is 0 Å². The zero-order chi connectivity index (χ0) is 13.2. The third-order valence-corrected chi connectivity index (χ3v) is 3.81. The van der Waals surface area contributed by atoms with Crippen molar-refractivity contribution in [3.8, 4) is 0 Å². The van der Waals surface area contributed by atoms with E-state index in [-0.39, 0.29) is 11.6 Å². The van der Waals surface area contributed by atoms with Gasteiger partial charge < -0.3 is 16.2 Å². The number of nitrogen functional groups attached to an aromatic ring is 1. The maximum absolute atomic E-state index is 6.40. The molecule has 0 spiro atoms. The highest BCUT2D eigenvalue weighted by Gasteiger charge is 2.35. The van der Waals surface area contributed by atoms with E-state index in [0.717, 1.165) is 31.9 Å². The number of rotatable bonds is 3. The van der Waals surface area contributed by atoms with Crippen molar-refractivity contribution in [2.75, 3.05) is 32.0 Å². The van der Waals surface area contributed by atoms with E-state index in [1.165, 1.54) is 0 Å². The molecule has 5 nitrogen and oxygen atoms in total. The Labute approximate surface area is 108 Å². The summed E-state index contributed by atoms with van der Waals surface area (Å²) in [6.07, 6.45) is 3.45. The Balaban J connectivity index is 2.20. The minimum atomic E-state index is -0.166. The van der Waals surface area contributed by atoms with Crippen LogP contribution in [0.4, 0.5) is 5.69 Å². The van der Waals surface area contributed by atoms with Crippen LogP contribution in [0.3, 0.4) is 0 Å². The number of hydrogen-bond acceptors (Lipinski definition) is 5. The molecule has 2 rings (SSSR count). The Morgan fingerprint density at radius 2 is 2.06 bits per heavy atom. The molecule has 0 radical (unpaired) electrons. The number of hydrogen-bond donors (Lipinski definition) is 2. The SMILES string of the molecule is CC(C)(C(N)c1cnccc1N)N1CCOCC1. The monoisotopic (exact) mass is 250 g/mol. The highest BCUT2D eigenvalue weighted by Crippen LogP contribution is 2.31. The van der Waals surface area contributed by atoms with E-state index in [2.05, 4.69) is 23.7 Å². The minimum Gasteiger partial charge on any atom is -0.398 e. The Hall–Kier alpha value is -1.17. The molecule has 1 saturated heterocycles. The average molecular weight is 250 g/mol. The molecule has 1 aromatic rings. The van der Waals surface area contributed by atoms with Crippen LogP contribution in [0.1, 0.15) is 25.5 Å². The molecule has 1 atom stereocenters. The predicted octanol–water partition coefficient (Wildman–Crippen LogP) is 0.774. The molecule has 1 aliphatic rings. The number of nitrogens with zero attached hydrogens (tertiary/aromatic N) is 2. The first-order valence-corrected chi connectivity index (χ1v) is 6.31. The highest BCUT2D eigenvalue weighted by atomic mass is 16.5.